The van der Waals surface area contributed by atoms with Crippen LogP contribution in [0.15, 0.2) is 59.6 Å². The van der Waals surface area contributed by atoms with Crippen LogP contribution in [-0.4, -0.2) is 73.3 Å². The highest BCUT2D eigenvalue weighted by molar-refractivity contribution is 5.93. The van der Waals surface area contributed by atoms with Crippen LogP contribution < -0.4 is 0 Å². The lowest BCUT2D eigenvalue weighted by Gasteiger charge is -2.42. The molecule has 1 spiro atoms. The highest BCUT2D eigenvalue weighted by Crippen LogP contribution is 2.50. The van der Waals surface area contributed by atoms with Gasteiger partial charge in [-0.05, 0) is 56.5 Å². The van der Waals surface area contributed by atoms with Crippen LogP contribution in [0.1, 0.15) is 60.5 Å². The summed E-state index contributed by atoms with van der Waals surface area (Å²) < 4.78 is 39.1. The van der Waals surface area contributed by atoms with Crippen molar-refractivity contribution in [3.63, 3.8) is 0 Å². The van der Waals surface area contributed by atoms with E-state index in [1.165, 1.54) is 6.26 Å². The van der Waals surface area contributed by atoms with Crippen molar-refractivity contribution in [2.45, 2.75) is 51.4 Å². The molecule has 0 aromatic carbocycles. The predicted molar refractivity (Wildman–Crippen MR) is 135 cm³/mol. The van der Waals surface area contributed by atoms with Crippen LogP contribution in [0, 0.1) is 5.41 Å². The van der Waals surface area contributed by atoms with Crippen molar-refractivity contribution in [1.82, 2.24) is 24.6 Å². The van der Waals surface area contributed by atoms with E-state index in [0.717, 1.165) is 24.1 Å². The Labute approximate surface area is 228 Å². The first-order chi connectivity index (χ1) is 18.9. The smallest absolute Gasteiger partial charge is 0.475 e. The Morgan fingerprint density at radius 3 is 2.55 bits per heavy atom. The van der Waals surface area contributed by atoms with Gasteiger partial charge in [0, 0.05) is 62.4 Å². The zero-order valence-electron chi connectivity index (χ0n) is 22.0. The Morgan fingerprint density at radius 2 is 1.95 bits per heavy atom. The molecule has 5 heterocycles. The monoisotopic (exact) mass is 561 g/mol. The normalized spacial score (nSPS) is 21.1. The molecule has 214 valence electrons. The lowest BCUT2D eigenvalue weighted by Crippen LogP contribution is -2.52. The maximum Gasteiger partial charge on any atom is 0.490 e. The van der Waals surface area contributed by atoms with Crippen LogP contribution in [0.5, 0.6) is 0 Å². The van der Waals surface area contributed by atoms with Crippen molar-refractivity contribution in [2.75, 3.05) is 19.6 Å². The number of nitrogens with zero attached hydrogens (tertiary/aromatic N) is 5. The summed E-state index contributed by atoms with van der Waals surface area (Å²) >= 11 is 0. The standard InChI is InChI=1S/C25H29N5O3.C2HF3O2/c1-18(2)30-21(8-11-27-30)20-16-29(23(31)22-7-4-13-33-22)17-25(20)9-5-12-28(24(25)32)15-19-6-3-10-26-14-19;3-2(4,5)1(6)7/h3-4,6-8,10-11,13-14,18,20H,5,9,12,15-17H2,1-2H3;(H,6,7)/t20-,25+;/m0./s1. The van der Waals surface area contributed by atoms with Crippen molar-refractivity contribution < 1.29 is 37.1 Å². The number of hydrogen-bond acceptors (Lipinski definition) is 6. The van der Waals surface area contributed by atoms with E-state index in [1.54, 1.807) is 35.6 Å². The molecule has 0 saturated carbocycles. The number of carbonyl (C=O) groups excluding carboxylic acids is 2. The van der Waals surface area contributed by atoms with Crippen LogP contribution in [0.4, 0.5) is 13.2 Å². The highest BCUT2D eigenvalue weighted by atomic mass is 19.4. The van der Waals surface area contributed by atoms with Gasteiger partial charge in [-0.15, -0.1) is 0 Å². The largest absolute Gasteiger partial charge is 0.490 e. The molecule has 0 unspecified atom stereocenters. The molecule has 2 amide bonds. The molecule has 0 aliphatic carbocycles. The van der Waals surface area contributed by atoms with Crippen LogP contribution in [-0.2, 0) is 16.1 Å². The van der Waals surface area contributed by atoms with Crippen molar-refractivity contribution in [1.29, 1.82) is 0 Å². The van der Waals surface area contributed by atoms with Crippen LogP contribution >= 0.6 is 0 Å². The van der Waals surface area contributed by atoms with Crippen molar-refractivity contribution in [2.24, 2.45) is 5.41 Å². The molecule has 3 aromatic heterocycles. The lowest BCUT2D eigenvalue weighted by molar-refractivity contribution is -0.192. The number of amides is 2. The molecule has 2 fully saturated rings. The second kappa shape index (κ2) is 11.5. The Bertz CT molecular complexity index is 1330. The first kappa shape index (κ1) is 28.8. The summed E-state index contributed by atoms with van der Waals surface area (Å²) in [5.41, 5.74) is 1.33. The number of rotatable bonds is 5. The minimum atomic E-state index is -5.08. The molecular weight excluding hydrogens is 531 g/mol. The zero-order valence-corrected chi connectivity index (χ0v) is 22.0. The number of alkyl halides is 3. The van der Waals surface area contributed by atoms with E-state index >= 15 is 0 Å². The molecule has 3 aromatic rings. The number of carboxylic acids is 1. The Morgan fingerprint density at radius 1 is 1.20 bits per heavy atom. The van der Waals surface area contributed by atoms with E-state index in [2.05, 4.69) is 23.9 Å². The molecule has 0 radical (unpaired) electrons. The van der Waals surface area contributed by atoms with Gasteiger partial charge in [-0.3, -0.25) is 19.3 Å². The van der Waals surface area contributed by atoms with Crippen molar-refractivity contribution >= 4 is 17.8 Å². The molecule has 10 nitrogen and oxygen atoms in total. The van der Waals surface area contributed by atoms with E-state index in [-0.39, 0.29) is 23.8 Å². The number of piperidine rings is 1. The fraction of sp³-hybridized carbons (Fsp3) is 0.444. The molecule has 40 heavy (non-hydrogen) atoms. The fourth-order valence-corrected chi connectivity index (χ4v) is 5.47. The molecular formula is C27H30F3N5O5. The minimum absolute atomic E-state index is 0.105. The third-order valence-corrected chi connectivity index (χ3v) is 7.21. The van der Waals surface area contributed by atoms with Gasteiger partial charge in [0.25, 0.3) is 5.91 Å². The number of aliphatic carboxylic acids is 1. The number of furan rings is 1. The van der Waals surface area contributed by atoms with Gasteiger partial charge in [0.05, 0.1) is 11.7 Å². The van der Waals surface area contributed by atoms with Crippen molar-refractivity contribution in [3.8, 4) is 0 Å². The van der Waals surface area contributed by atoms with Gasteiger partial charge in [0.15, 0.2) is 5.76 Å². The summed E-state index contributed by atoms with van der Waals surface area (Å²) in [6.07, 6.45) is 3.39. The van der Waals surface area contributed by atoms with Crippen molar-refractivity contribution in [3.05, 3.63) is 72.2 Å². The van der Waals surface area contributed by atoms with Crippen LogP contribution in [0.3, 0.4) is 0 Å². The third kappa shape index (κ3) is 5.87. The van der Waals surface area contributed by atoms with Gasteiger partial charge < -0.3 is 19.3 Å². The SMILES string of the molecule is CC(C)n1nccc1[C@@H]1CN(C(=O)c2ccco2)C[C@]12CCCN(Cc1cccnc1)C2=O.O=C(O)C(F)(F)F. The number of halogens is 3. The van der Waals surface area contributed by atoms with Gasteiger partial charge >= 0.3 is 12.1 Å². The Balaban J connectivity index is 0.000000470. The molecule has 2 atom stereocenters. The lowest BCUT2D eigenvalue weighted by atomic mass is 9.70. The van der Waals surface area contributed by atoms with Crippen LogP contribution in [0.25, 0.3) is 0 Å². The molecule has 2 aliphatic heterocycles. The molecule has 1 N–H and O–H groups in total. The second-order valence-corrected chi connectivity index (χ2v) is 10.2. The van der Waals surface area contributed by atoms with Crippen LogP contribution in [0.2, 0.25) is 0 Å². The summed E-state index contributed by atoms with van der Waals surface area (Å²) in [6.45, 7) is 6.24. The number of hydrogen-bond donors (Lipinski definition) is 1. The first-order valence-corrected chi connectivity index (χ1v) is 12.8. The molecule has 2 saturated heterocycles. The van der Waals surface area contributed by atoms with E-state index in [1.807, 2.05) is 27.8 Å². The summed E-state index contributed by atoms with van der Waals surface area (Å²) in [6, 6.07) is 9.44. The third-order valence-electron chi connectivity index (χ3n) is 7.21. The van der Waals surface area contributed by atoms with E-state index in [9.17, 15) is 22.8 Å². The molecule has 13 heteroatoms. The average Bonchev–Trinajstić information content (AvgIpc) is 3.67. The summed E-state index contributed by atoms with van der Waals surface area (Å²) in [7, 11) is 0. The summed E-state index contributed by atoms with van der Waals surface area (Å²) in [4.78, 5) is 44.2. The van der Waals surface area contributed by atoms with Gasteiger partial charge in [-0.25, -0.2) is 4.79 Å². The molecule has 0 bridgehead atoms. The average molecular weight is 562 g/mol. The van der Waals surface area contributed by atoms with Gasteiger partial charge in [0.1, 0.15) is 0 Å². The topological polar surface area (TPSA) is 122 Å². The summed E-state index contributed by atoms with van der Waals surface area (Å²) in [5.74, 6) is -2.65. The number of carboxylic acid groups (broad SMARTS) is 1. The Hall–Kier alpha value is -4.16. The number of carbonyl (C=O) groups is 3. The second-order valence-electron chi connectivity index (χ2n) is 10.2. The van der Waals surface area contributed by atoms with E-state index < -0.39 is 17.6 Å². The minimum Gasteiger partial charge on any atom is -0.475 e. The number of likely N-dealkylation sites (tertiary alicyclic amines) is 2. The van der Waals surface area contributed by atoms with Gasteiger partial charge in [-0.1, -0.05) is 6.07 Å². The Kier molecular flexibility index (Phi) is 8.31. The number of aromatic nitrogens is 3. The number of pyridine rings is 1. The quantitative estimate of drug-likeness (QED) is 0.497. The van der Waals surface area contributed by atoms with E-state index in [0.29, 0.717) is 31.9 Å². The maximum atomic E-state index is 14.1. The van der Waals surface area contributed by atoms with E-state index in [4.69, 9.17) is 14.3 Å². The maximum absolute atomic E-state index is 14.1. The molecule has 5 rings (SSSR count). The van der Waals surface area contributed by atoms with Gasteiger partial charge in [-0.2, -0.15) is 18.3 Å². The first-order valence-electron chi connectivity index (χ1n) is 12.8. The fourth-order valence-electron chi connectivity index (χ4n) is 5.47. The predicted octanol–water partition coefficient (Wildman–Crippen LogP) is 4.13. The van der Waals surface area contributed by atoms with Gasteiger partial charge in [0.2, 0.25) is 5.91 Å². The highest BCUT2D eigenvalue weighted by Gasteiger charge is 2.57. The molecule has 2 aliphatic rings. The summed E-state index contributed by atoms with van der Waals surface area (Å²) in [5, 5.41) is 11.7. The zero-order chi connectivity index (χ0) is 29.1.